The van der Waals surface area contributed by atoms with E-state index in [9.17, 15) is 9.59 Å². The number of pyridine rings is 1. The van der Waals surface area contributed by atoms with Gasteiger partial charge in [0.1, 0.15) is 6.04 Å². The number of hydrogen-bond acceptors (Lipinski definition) is 4. The lowest BCUT2D eigenvalue weighted by molar-refractivity contribution is -0.139. The van der Waals surface area contributed by atoms with E-state index >= 15 is 0 Å². The van der Waals surface area contributed by atoms with E-state index in [-0.39, 0.29) is 13.0 Å². The first kappa shape index (κ1) is 14.5. The number of aromatic nitrogens is 3. The molecule has 0 aliphatic carbocycles. The third-order valence-corrected chi connectivity index (χ3v) is 2.74. The van der Waals surface area contributed by atoms with Crippen molar-refractivity contribution in [1.82, 2.24) is 25.6 Å². The molecule has 0 saturated heterocycles. The molecule has 0 aliphatic rings. The lowest BCUT2D eigenvalue weighted by atomic mass is 10.2. The number of nitrogens with one attached hydrogen (secondary N) is 3. The molecule has 8 heteroatoms. The molecule has 0 spiro atoms. The van der Waals surface area contributed by atoms with E-state index in [1.165, 1.54) is 12.5 Å². The Morgan fingerprint density at radius 1 is 1.38 bits per heavy atom. The number of carbonyl (C=O) groups excluding carboxylic acids is 1. The first-order valence-electron chi connectivity index (χ1n) is 6.29. The standard InChI is InChI=1S/C13H15N5O3/c19-12(20)11(5-10-6-14-8-17-10)18-13(21)16-7-9-3-1-2-4-15-9/h1-4,6,8,11H,5,7H2,(H,14,17)(H,19,20)(H2,16,18,21)/t11-/m1/s1. The Kier molecular flexibility index (Phi) is 4.86. The molecule has 0 radical (unpaired) electrons. The van der Waals surface area contributed by atoms with E-state index in [0.29, 0.717) is 11.4 Å². The van der Waals surface area contributed by atoms with Crippen LogP contribution in [0.3, 0.4) is 0 Å². The summed E-state index contributed by atoms with van der Waals surface area (Å²) in [5.41, 5.74) is 1.32. The zero-order chi connectivity index (χ0) is 15.1. The van der Waals surface area contributed by atoms with Crippen molar-refractivity contribution < 1.29 is 14.7 Å². The minimum Gasteiger partial charge on any atom is -0.480 e. The van der Waals surface area contributed by atoms with Crippen LogP contribution in [0.5, 0.6) is 0 Å². The highest BCUT2D eigenvalue weighted by molar-refractivity contribution is 5.82. The van der Waals surface area contributed by atoms with E-state index in [4.69, 9.17) is 5.11 Å². The topological polar surface area (TPSA) is 120 Å². The van der Waals surface area contributed by atoms with Crippen LogP contribution in [0.4, 0.5) is 4.79 Å². The van der Waals surface area contributed by atoms with Crippen LogP contribution in [-0.4, -0.2) is 38.1 Å². The highest BCUT2D eigenvalue weighted by atomic mass is 16.4. The first-order valence-corrected chi connectivity index (χ1v) is 6.29. The molecule has 2 heterocycles. The van der Waals surface area contributed by atoms with Crippen LogP contribution in [0.15, 0.2) is 36.9 Å². The molecule has 0 bridgehead atoms. The minimum atomic E-state index is -1.11. The van der Waals surface area contributed by atoms with Crippen molar-refractivity contribution in [2.45, 2.75) is 19.0 Å². The maximum Gasteiger partial charge on any atom is 0.326 e. The molecule has 2 aromatic rings. The molecular formula is C13H15N5O3. The lowest BCUT2D eigenvalue weighted by Crippen LogP contribution is -2.47. The maximum atomic E-state index is 11.7. The zero-order valence-corrected chi connectivity index (χ0v) is 11.1. The number of imidazole rings is 1. The Bertz CT molecular complexity index is 585. The van der Waals surface area contributed by atoms with E-state index in [1.54, 1.807) is 24.4 Å². The van der Waals surface area contributed by atoms with Crippen molar-refractivity contribution in [2.24, 2.45) is 0 Å². The highest BCUT2D eigenvalue weighted by Gasteiger charge is 2.20. The molecular weight excluding hydrogens is 274 g/mol. The number of aliphatic carboxylic acids is 1. The van der Waals surface area contributed by atoms with Gasteiger partial charge in [-0.25, -0.2) is 14.6 Å². The molecule has 0 aromatic carbocycles. The number of carboxylic acid groups (broad SMARTS) is 1. The van der Waals surface area contributed by atoms with Gasteiger partial charge in [-0.2, -0.15) is 0 Å². The summed E-state index contributed by atoms with van der Waals surface area (Å²) in [6.07, 6.45) is 4.72. The van der Waals surface area contributed by atoms with Gasteiger partial charge in [0.25, 0.3) is 0 Å². The smallest absolute Gasteiger partial charge is 0.326 e. The van der Waals surface area contributed by atoms with Crippen LogP contribution in [0.2, 0.25) is 0 Å². The van der Waals surface area contributed by atoms with Gasteiger partial charge in [0.05, 0.1) is 18.6 Å². The predicted molar refractivity (Wildman–Crippen MR) is 73.3 cm³/mol. The monoisotopic (exact) mass is 289 g/mol. The summed E-state index contributed by atoms with van der Waals surface area (Å²) < 4.78 is 0. The summed E-state index contributed by atoms with van der Waals surface area (Å²) in [5.74, 6) is -1.11. The van der Waals surface area contributed by atoms with Crippen LogP contribution in [0, 0.1) is 0 Å². The van der Waals surface area contributed by atoms with Crippen molar-refractivity contribution in [3.05, 3.63) is 48.3 Å². The summed E-state index contributed by atoms with van der Waals surface area (Å²) in [4.78, 5) is 33.5. The van der Waals surface area contributed by atoms with Crippen LogP contribution in [0.25, 0.3) is 0 Å². The average Bonchev–Trinajstić information content (AvgIpc) is 2.98. The summed E-state index contributed by atoms with van der Waals surface area (Å²) >= 11 is 0. The minimum absolute atomic E-state index is 0.131. The third kappa shape index (κ3) is 4.60. The molecule has 2 aromatic heterocycles. The van der Waals surface area contributed by atoms with Crippen LogP contribution >= 0.6 is 0 Å². The number of rotatable bonds is 6. The summed E-state index contributed by atoms with van der Waals surface area (Å²) in [5, 5.41) is 14.1. The van der Waals surface area contributed by atoms with Gasteiger partial charge in [0.15, 0.2) is 0 Å². The molecule has 2 rings (SSSR count). The number of carboxylic acids is 1. The number of nitrogens with zero attached hydrogens (tertiary/aromatic N) is 2. The third-order valence-electron chi connectivity index (χ3n) is 2.74. The van der Waals surface area contributed by atoms with Crippen LogP contribution in [-0.2, 0) is 17.8 Å². The maximum absolute atomic E-state index is 11.7. The fourth-order valence-electron chi connectivity index (χ4n) is 1.70. The van der Waals surface area contributed by atoms with Crippen molar-refractivity contribution >= 4 is 12.0 Å². The van der Waals surface area contributed by atoms with E-state index in [2.05, 4.69) is 25.6 Å². The van der Waals surface area contributed by atoms with E-state index in [1.807, 2.05) is 0 Å². The number of urea groups is 1. The van der Waals surface area contributed by atoms with Crippen molar-refractivity contribution in [1.29, 1.82) is 0 Å². The Labute approximate surface area is 120 Å². The van der Waals surface area contributed by atoms with Gasteiger partial charge in [0, 0.05) is 24.5 Å². The number of H-pyrrole nitrogens is 1. The average molecular weight is 289 g/mol. The second kappa shape index (κ2) is 7.04. The number of carbonyl (C=O) groups is 2. The zero-order valence-electron chi connectivity index (χ0n) is 11.1. The molecule has 8 nitrogen and oxygen atoms in total. The lowest BCUT2D eigenvalue weighted by Gasteiger charge is -2.14. The van der Waals surface area contributed by atoms with Gasteiger partial charge < -0.3 is 20.7 Å². The van der Waals surface area contributed by atoms with Gasteiger partial charge in [0.2, 0.25) is 0 Å². The SMILES string of the molecule is O=C(NCc1ccccn1)N[C@H](Cc1cnc[nH]1)C(=O)O. The van der Waals surface area contributed by atoms with Gasteiger partial charge in [-0.3, -0.25) is 4.98 Å². The predicted octanol–water partition coefficient (Wildman–Crippen LogP) is 0.300. The summed E-state index contributed by atoms with van der Waals surface area (Å²) in [7, 11) is 0. The second-order valence-electron chi connectivity index (χ2n) is 4.32. The summed E-state index contributed by atoms with van der Waals surface area (Å²) in [6.45, 7) is 0.225. The van der Waals surface area contributed by atoms with Crippen molar-refractivity contribution in [2.75, 3.05) is 0 Å². The fourth-order valence-corrected chi connectivity index (χ4v) is 1.70. The van der Waals surface area contributed by atoms with Crippen LogP contribution < -0.4 is 10.6 Å². The van der Waals surface area contributed by atoms with Gasteiger partial charge >= 0.3 is 12.0 Å². The van der Waals surface area contributed by atoms with Crippen molar-refractivity contribution in [3.63, 3.8) is 0 Å². The Morgan fingerprint density at radius 3 is 2.86 bits per heavy atom. The van der Waals surface area contributed by atoms with Crippen molar-refractivity contribution in [3.8, 4) is 0 Å². The highest BCUT2D eigenvalue weighted by Crippen LogP contribution is 1.99. The summed E-state index contributed by atoms with van der Waals surface area (Å²) in [6, 6.07) is 3.75. The molecule has 0 aliphatic heterocycles. The molecule has 0 unspecified atom stereocenters. The largest absolute Gasteiger partial charge is 0.480 e. The Morgan fingerprint density at radius 2 is 2.24 bits per heavy atom. The second-order valence-corrected chi connectivity index (χ2v) is 4.32. The molecule has 0 saturated carbocycles. The number of aromatic amines is 1. The molecule has 1 atom stereocenters. The first-order chi connectivity index (χ1) is 10.1. The number of hydrogen-bond donors (Lipinski definition) is 4. The number of amides is 2. The molecule has 21 heavy (non-hydrogen) atoms. The molecule has 4 N–H and O–H groups in total. The van der Waals surface area contributed by atoms with E-state index < -0.39 is 18.0 Å². The molecule has 110 valence electrons. The molecule has 2 amide bonds. The Hall–Kier alpha value is -2.90. The van der Waals surface area contributed by atoms with Gasteiger partial charge in [-0.15, -0.1) is 0 Å². The van der Waals surface area contributed by atoms with E-state index in [0.717, 1.165) is 0 Å². The van der Waals surface area contributed by atoms with Gasteiger partial charge in [-0.05, 0) is 12.1 Å². The Balaban J connectivity index is 1.85. The van der Waals surface area contributed by atoms with Crippen LogP contribution in [0.1, 0.15) is 11.4 Å². The fraction of sp³-hybridized carbons (Fsp3) is 0.231. The normalized spacial score (nSPS) is 11.6. The molecule has 0 fully saturated rings. The van der Waals surface area contributed by atoms with Gasteiger partial charge in [-0.1, -0.05) is 6.07 Å². The quantitative estimate of drug-likeness (QED) is 0.609.